The number of aromatic nitrogens is 2. The van der Waals surface area contributed by atoms with Crippen molar-refractivity contribution in [3.63, 3.8) is 0 Å². The molecule has 0 radical (unpaired) electrons. The number of carbonyl (C=O) groups excluding carboxylic acids is 2. The number of hydrogen-bond acceptors (Lipinski definition) is 6. The van der Waals surface area contributed by atoms with Gasteiger partial charge in [-0.3, -0.25) is 9.59 Å². The van der Waals surface area contributed by atoms with Crippen molar-refractivity contribution in [3.05, 3.63) is 59.6 Å². The average molecular weight is 471 g/mol. The maximum atomic E-state index is 11.6. The minimum Gasteiger partial charge on any atom is -0.365 e. The van der Waals surface area contributed by atoms with E-state index in [0.29, 0.717) is 37.2 Å². The van der Waals surface area contributed by atoms with Crippen molar-refractivity contribution < 1.29 is 14.1 Å². The van der Waals surface area contributed by atoms with E-state index in [9.17, 15) is 9.59 Å². The molecule has 0 saturated carbocycles. The zero-order valence-electron chi connectivity index (χ0n) is 19.9. The summed E-state index contributed by atoms with van der Waals surface area (Å²) in [4.78, 5) is 29.2. The zero-order valence-corrected chi connectivity index (χ0v) is 20.7. The molecule has 3 heterocycles. The van der Waals surface area contributed by atoms with Gasteiger partial charge < -0.3 is 14.7 Å². The number of aryl methyl sites for hydroxylation is 1. The molecule has 2 aromatic heterocycles. The Kier molecular flexibility index (Phi) is 11.3. The summed E-state index contributed by atoms with van der Waals surface area (Å²) < 4.78 is 4.33. The van der Waals surface area contributed by atoms with Crippen LogP contribution in [0.25, 0.3) is 10.4 Å². The molecule has 0 spiro atoms. The molecule has 1 fully saturated rings. The molecule has 0 bridgehead atoms. The number of thiazole rings is 1. The SMILES string of the molecule is CC(C)CC(=O)N1CCCC1C.Cc1ncsc1-c1ccc(CNC=O)cc1.c1cnoc1. The maximum Gasteiger partial charge on any atom is 0.223 e. The van der Waals surface area contributed by atoms with E-state index in [0.717, 1.165) is 17.8 Å². The Balaban J connectivity index is 0.000000198. The standard InChI is InChI=1S/C12H12N2OS.C10H19NO.C3H3NO/c1-9-12(16-8-14-9)11-4-2-10(3-5-11)6-13-7-15;1-8(2)7-10(12)11-6-4-5-9(11)3;1-2-4-5-3-1/h2-5,7-8H,6H2,1H3,(H,13,15);8-9H,4-7H2,1-3H3;1-3H. The smallest absolute Gasteiger partial charge is 0.223 e. The lowest BCUT2D eigenvalue weighted by molar-refractivity contribution is -0.132. The maximum absolute atomic E-state index is 11.6. The van der Waals surface area contributed by atoms with Gasteiger partial charge in [0.2, 0.25) is 12.3 Å². The van der Waals surface area contributed by atoms with E-state index in [1.54, 1.807) is 23.6 Å². The van der Waals surface area contributed by atoms with E-state index in [1.165, 1.54) is 29.5 Å². The largest absolute Gasteiger partial charge is 0.365 e. The molecule has 4 rings (SSSR count). The van der Waals surface area contributed by atoms with Gasteiger partial charge in [-0.05, 0) is 49.8 Å². The first-order chi connectivity index (χ1) is 15.9. The van der Waals surface area contributed by atoms with Gasteiger partial charge in [-0.2, -0.15) is 0 Å². The van der Waals surface area contributed by atoms with E-state index >= 15 is 0 Å². The van der Waals surface area contributed by atoms with Crippen LogP contribution in [0.4, 0.5) is 0 Å². The first kappa shape index (κ1) is 26.3. The summed E-state index contributed by atoms with van der Waals surface area (Å²) in [7, 11) is 0. The van der Waals surface area contributed by atoms with Gasteiger partial charge in [0.15, 0.2) is 0 Å². The third-order valence-electron chi connectivity index (χ3n) is 5.15. The van der Waals surface area contributed by atoms with Crippen LogP contribution in [0.1, 0.15) is 51.3 Å². The highest BCUT2D eigenvalue weighted by molar-refractivity contribution is 7.13. The highest BCUT2D eigenvalue weighted by Gasteiger charge is 2.24. The van der Waals surface area contributed by atoms with Crippen molar-refractivity contribution in [2.24, 2.45) is 5.92 Å². The monoisotopic (exact) mass is 470 g/mol. The number of benzene rings is 1. The second kappa shape index (κ2) is 14.2. The van der Waals surface area contributed by atoms with Crippen LogP contribution in [0.2, 0.25) is 0 Å². The van der Waals surface area contributed by atoms with Crippen LogP contribution in [-0.2, 0) is 16.1 Å². The molecule has 3 aromatic rings. The van der Waals surface area contributed by atoms with Crippen LogP contribution in [0.5, 0.6) is 0 Å². The van der Waals surface area contributed by atoms with E-state index in [-0.39, 0.29) is 0 Å². The molecule has 1 N–H and O–H groups in total. The number of carbonyl (C=O) groups is 2. The lowest BCUT2D eigenvalue weighted by atomic mass is 10.1. The minimum atomic E-state index is 0.343. The van der Waals surface area contributed by atoms with Crippen LogP contribution < -0.4 is 5.32 Å². The molecule has 1 aliphatic heterocycles. The molecule has 1 saturated heterocycles. The van der Waals surface area contributed by atoms with Crippen molar-refractivity contribution in [2.45, 2.75) is 59.5 Å². The number of hydrogen-bond donors (Lipinski definition) is 1. The van der Waals surface area contributed by atoms with E-state index in [4.69, 9.17) is 0 Å². The van der Waals surface area contributed by atoms with Gasteiger partial charge in [0.1, 0.15) is 6.26 Å². The van der Waals surface area contributed by atoms with Gasteiger partial charge in [-0.15, -0.1) is 11.3 Å². The fourth-order valence-corrected chi connectivity index (χ4v) is 4.27. The highest BCUT2D eigenvalue weighted by Crippen LogP contribution is 2.27. The second-order valence-corrected chi connectivity index (χ2v) is 9.18. The summed E-state index contributed by atoms with van der Waals surface area (Å²) in [6.45, 7) is 9.90. The third kappa shape index (κ3) is 9.18. The first-order valence-corrected chi connectivity index (χ1v) is 12.1. The second-order valence-electron chi connectivity index (χ2n) is 8.33. The molecule has 8 heteroatoms. The molecular weight excluding hydrogens is 436 g/mol. The third-order valence-corrected chi connectivity index (χ3v) is 6.13. The Morgan fingerprint density at radius 1 is 1.33 bits per heavy atom. The molecule has 178 valence electrons. The van der Waals surface area contributed by atoms with E-state index < -0.39 is 0 Å². The lowest BCUT2D eigenvalue weighted by Gasteiger charge is -2.22. The lowest BCUT2D eigenvalue weighted by Crippen LogP contribution is -2.34. The van der Waals surface area contributed by atoms with Crippen molar-refractivity contribution in [2.75, 3.05) is 6.54 Å². The van der Waals surface area contributed by atoms with Gasteiger partial charge in [0.05, 0.1) is 22.3 Å². The van der Waals surface area contributed by atoms with Crippen LogP contribution in [-0.4, -0.2) is 39.9 Å². The Morgan fingerprint density at radius 2 is 2.09 bits per heavy atom. The summed E-state index contributed by atoms with van der Waals surface area (Å²) in [6.07, 6.45) is 6.89. The predicted molar refractivity (Wildman–Crippen MR) is 132 cm³/mol. The van der Waals surface area contributed by atoms with Crippen LogP contribution in [0, 0.1) is 12.8 Å². The Bertz CT molecular complexity index is 922. The predicted octanol–water partition coefficient (Wildman–Crippen LogP) is 5.08. The number of amides is 2. The van der Waals surface area contributed by atoms with Crippen molar-refractivity contribution in [1.82, 2.24) is 20.4 Å². The van der Waals surface area contributed by atoms with E-state index in [2.05, 4.69) is 52.9 Å². The number of nitrogens with zero attached hydrogens (tertiary/aromatic N) is 3. The first-order valence-electron chi connectivity index (χ1n) is 11.2. The summed E-state index contributed by atoms with van der Waals surface area (Å²) in [5.74, 6) is 0.834. The Morgan fingerprint density at radius 3 is 2.55 bits per heavy atom. The average Bonchev–Trinajstić information content (AvgIpc) is 3.57. The molecule has 7 nitrogen and oxygen atoms in total. The van der Waals surface area contributed by atoms with Crippen molar-refractivity contribution in [1.29, 1.82) is 0 Å². The summed E-state index contributed by atoms with van der Waals surface area (Å²) in [5, 5.41) is 5.99. The summed E-state index contributed by atoms with van der Waals surface area (Å²) in [5.41, 5.74) is 5.18. The zero-order chi connectivity index (χ0) is 24.1. The molecular formula is C25H34N4O3S. The number of rotatable bonds is 6. The molecule has 1 unspecified atom stereocenters. The Labute approximate surface area is 200 Å². The minimum absolute atomic E-state index is 0.343. The van der Waals surface area contributed by atoms with Gasteiger partial charge in [-0.25, -0.2) is 4.98 Å². The van der Waals surface area contributed by atoms with Crippen LogP contribution >= 0.6 is 11.3 Å². The molecule has 33 heavy (non-hydrogen) atoms. The summed E-state index contributed by atoms with van der Waals surface area (Å²) >= 11 is 1.64. The molecule has 2 amide bonds. The molecule has 0 aliphatic carbocycles. The van der Waals surface area contributed by atoms with Crippen LogP contribution in [0.3, 0.4) is 0 Å². The summed E-state index contributed by atoms with van der Waals surface area (Å²) in [6, 6.07) is 10.4. The molecule has 1 aliphatic rings. The highest BCUT2D eigenvalue weighted by atomic mass is 32.1. The Hall–Kier alpha value is -3.00. The van der Waals surface area contributed by atoms with Gasteiger partial charge in [-0.1, -0.05) is 43.3 Å². The van der Waals surface area contributed by atoms with Crippen LogP contribution in [0.15, 0.2) is 52.8 Å². The quantitative estimate of drug-likeness (QED) is 0.508. The number of likely N-dealkylation sites (tertiary alicyclic amines) is 1. The van der Waals surface area contributed by atoms with Crippen molar-refractivity contribution in [3.8, 4) is 10.4 Å². The number of nitrogens with one attached hydrogen (secondary N) is 1. The topological polar surface area (TPSA) is 88.3 Å². The fourth-order valence-electron chi connectivity index (χ4n) is 3.46. The fraction of sp³-hybridized carbons (Fsp3) is 0.440. The van der Waals surface area contributed by atoms with E-state index in [1.807, 2.05) is 29.5 Å². The molecule has 1 atom stereocenters. The van der Waals surface area contributed by atoms with Gasteiger partial charge in [0, 0.05) is 25.6 Å². The van der Waals surface area contributed by atoms with Gasteiger partial charge in [0.25, 0.3) is 0 Å². The molecule has 1 aromatic carbocycles. The normalized spacial score (nSPS) is 14.7. The van der Waals surface area contributed by atoms with Gasteiger partial charge >= 0.3 is 0 Å². The van der Waals surface area contributed by atoms with Crippen molar-refractivity contribution >= 4 is 23.7 Å².